The Balaban J connectivity index is 1.87. The molecule has 0 aliphatic heterocycles. The van der Waals surface area contributed by atoms with Crippen molar-refractivity contribution in [1.29, 1.82) is 0 Å². The third-order valence-corrected chi connectivity index (χ3v) is 19.1. The van der Waals surface area contributed by atoms with Crippen LogP contribution in [-0.2, 0) is 6.42 Å². The van der Waals surface area contributed by atoms with Crippen LogP contribution >= 0.6 is 26.3 Å². The van der Waals surface area contributed by atoms with Crippen LogP contribution in [0.15, 0.2) is 91.0 Å². The van der Waals surface area contributed by atoms with E-state index in [-0.39, 0.29) is 0 Å². The van der Waals surface area contributed by atoms with Crippen LogP contribution in [0, 0.1) is 6.92 Å². The Bertz CT molecular complexity index is 1260. The van der Waals surface area contributed by atoms with Gasteiger partial charge in [0.1, 0.15) is 0 Å². The van der Waals surface area contributed by atoms with E-state index in [4.69, 9.17) is 18.9 Å². The van der Waals surface area contributed by atoms with Crippen LogP contribution in [0.1, 0.15) is 17.5 Å². The molecule has 0 aliphatic carbocycles. The van der Waals surface area contributed by atoms with E-state index in [2.05, 4.69) is 120 Å². The van der Waals surface area contributed by atoms with E-state index in [1.54, 1.807) is 28.4 Å². The van der Waals surface area contributed by atoms with Crippen molar-refractivity contribution < 1.29 is 18.9 Å². The first-order chi connectivity index (χ1) is 18.4. The van der Waals surface area contributed by atoms with E-state index in [1.165, 1.54) is 15.9 Å². The summed E-state index contributed by atoms with van der Waals surface area (Å²) < 4.78 is 20.2. The summed E-state index contributed by atoms with van der Waals surface area (Å²) in [5.41, 5.74) is 2.09. The average Bonchev–Trinajstić information content (AvgIpc) is 2.98. The van der Waals surface area contributed by atoms with Crippen molar-refractivity contribution in [2.75, 3.05) is 34.6 Å². The molecule has 6 heteroatoms. The first-order valence-corrected chi connectivity index (χ1v) is 17.9. The summed E-state index contributed by atoms with van der Waals surface area (Å²) in [6, 6.07) is 33.1. The number of methoxy groups -OCH3 is 4. The molecule has 4 nitrogen and oxygen atoms in total. The van der Waals surface area contributed by atoms with Crippen molar-refractivity contribution in [3.63, 3.8) is 0 Å². The summed E-state index contributed by atoms with van der Waals surface area (Å²) in [7, 11) is 6.61. The van der Waals surface area contributed by atoms with Crippen molar-refractivity contribution in [3.8, 4) is 23.0 Å². The van der Waals surface area contributed by atoms with Crippen LogP contribution in [-0.4, -0.2) is 34.6 Å². The maximum absolute atomic E-state index is 5.90. The molecule has 0 atom stereocenters. The number of rotatable bonds is 11. The van der Waals surface area contributed by atoms with Gasteiger partial charge >= 0.3 is 241 Å². The molecule has 0 spiro atoms. The molecule has 0 saturated carbocycles. The Kier molecular flexibility index (Phi) is 8.89. The fourth-order valence-corrected chi connectivity index (χ4v) is 14.3. The molecule has 0 unspecified atom stereocenters. The summed E-state index contributed by atoms with van der Waals surface area (Å²) in [6.07, 6.45) is 2.73. The maximum atomic E-state index is 5.90. The topological polar surface area (TPSA) is 36.9 Å². The van der Waals surface area contributed by atoms with E-state index in [0.29, 0.717) is 23.0 Å². The molecule has 38 heavy (non-hydrogen) atoms. The van der Waals surface area contributed by atoms with Gasteiger partial charge in [-0.25, -0.2) is 0 Å². The molecule has 200 valence electrons. The van der Waals surface area contributed by atoms with Gasteiger partial charge in [0.05, 0.1) is 0 Å². The Morgan fingerprint density at radius 2 is 0.921 bits per heavy atom. The molecule has 0 fully saturated rings. The average molecular weight is 643 g/mol. The standard InChI is InChI=1S/C32H36IO4P/c1-24-28(30(35-3)32(37-5)31(36-4)29(24)34-2)22-15-23-38(33,25-16-9-6-10-17-25,26-18-11-7-12-19-26)27-20-13-8-14-21-27/h6-14,16-21H,15,22-23H2,1-5H3. The van der Waals surface area contributed by atoms with Crippen LogP contribution in [0.4, 0.5) is 0 Å². The second kappa shape index (κ2) is 12.0. The summed E-state index contributed by atoms with van der Waals surface area (Å²) in [4.78, 5) is 0. The van der Waals surface area contributed by atoms with Crippen molar-refractivity contribution >= 4 is 42.2 Å². The van der Waals surface area contributed by atoms with Crippen LogP contribution in [0.2, 0.25) is 0 Å². The van der Waals surface area contributed by atoms with E-state index in [0.717, 1.165) is 30.1 Å². The second-order valence-corrected chi connectivity index (χ2v) is 20.0. The fourth-order valence-electron chi connectivity index (χ4n) is 5.56. The number of halogens is 1. The first-order valence-electron chi connectivity index (χ1n) is 12.7. The first kappa shape index (κ1) is 28.3. The third-order valence-electron chi connectivity index (χ3n) is 7.39. The monoisotopic (exact) mass is 642 g/mol. The van der Waals surface area contributed by atoms with Gasteiger partial charge in [-0.15, -0.1) is 0 Å². The molecule has 0 bridgehead atoms. The number of ether oxygens (including phenoxy) is 4. The predicted molar refractivity (Wildman–Crippen MR) is 170 cm³/mol. The SMILES string of the molecule is COc1c(C)c(CCCP(I)(c2ccccc2)(c2ccccc2)c2ccccc2)c(OC)c(OC)c1OC. The van der Waals surface area contributed by atoms with Gasteiger partial charge in [0.25, 0.3) is 0 Å². The summed E-state index contributed by atoms with van der Waals surface area (Å²) in [6.45, 7) is 2.06. The molecule has 4 aromatic carbocycles. The number of hydrogen-bond acceptors (Lipinski definition) is 4. The Labute approximate surface area is 239 Å². The van der Waals surface area contributed by atoms with Gasteiger partial charge in [0, 0.05) is 0 Å². The van der Waals surface area contributed by atoms with Crippen LogP contribution in [0.3, 0.4) is 0 Å². The van der Waals surface area contributed by atoms with Gasteiger partial charge in [-0.3, -0.25) is 0 Å². The molecule has 0 aliphatic rings. The van der Waals surface area contributed by atoms with Gasteiger partial charge in [-0.2, -0.15) is 0 Å². The summed E-state index contributed by atoms with van der Waals surface area (Å²) >= 11 is 2.84. The van der Waals surface area contributed by atoms with E-state index in [1.807, 2.05) is 0 Å². The molecule has 0 amide bonds. The van der Waals surface area contributed by atoms with Crippen LogP contribution in [0.5, 0.6) is 23.0 Å². The molecule has 0 N–H and O–H groups in total. The Hall–Kier alpha value is -2.76. The molecule has 0 radical (unpaired) electrons. The molecular formula is C32H36IO4P. The quantitative estimate of drug-likeness (QED) is 0.133. The fraction of sp³-hybridized carbons (Fsp3) is 0.250. The Morgan fingerprint density at radius 1 is 0.553 bits per heavy atom. The van der Waals surface area contributed by atoms with Crippen molar-refractivity contribution in [3.05, 3.63) is 102 Å². The van der Waals surface area contributed by atoms with Gasteiger partial charge in [-0.1, -0.05) is 0 Å². The molecule has 0 aromatic heterocycles. The minimum atomic E-state index is -2.86. The van der Waals surface area contributed by atoms with E-state index < -0.39 is 4.25 Å². The van der Waals surface area contributed by atoms with E-state index in [9.17, 15) is 0 Å². The molecule has 4 rings (SSSR count). The zero-order valence-electron chi connectivity index (χ0n) is 22.7. The minimum absolute atomic E-state index is 0.555. The van der Waals surface area contributed by atoms with Gasteiger partial charge in [0.15, 0.2) is 0 Å². The van der Waals surface area contributed by atoms with E-state index >= 15 is 0 Å². The molecule has 0 saturated heterocycles. The van der Waals surface area contributed by atoms with Crippen molar-refractivity contribution in [2.24, 2.45) is 0 Å². The van der Waals surface area contributed by atoms with Crippen molar-refractivity contribution in [2.45, 2.75) is 19.8 Å². The zero-order chi connectivity index (χ0) is 27.2. The van der Waals surface area contributed by atoms with Crippen LogP contribution < -0.4 is 34.9 Å². The van der Waals surface area contributed by atoms with Crippen LogP contribution in [0.25, 0.3) is 0 Å². The predicted octanol–water partition coefficient (Wildman–Crippen LogP) is 6.84. The molecule has 4 aromatic rings. The summed E-state index contributed by atoms with van der Waals surface area (Å²) in [5, 5.41) is 4.14. The van der Waals surface area contributed by atoms with Gasteiger partial charge in [0.2, 0.25) is 0 Å². The summed E-state index contributed by atoms with van der Waals surface area (Å²) in [5.74, 6) is 2.50. The van der Waals surface area contributed by atoms with Gasteiger partial charge < -0.3 is 0 Å². The number of hydrogen-bond donors (Lipinski definition) is 0. The zero-order valence-corrected chi connectivity index (χ0v) is 25.8. The second-order valence-electron chi connectivity index (χ2n) is 9.25. The van der Waals surface area contributed by atoms with Crippen molar-refractivity contribution in [1.82, 2.24) is 0 Å². The third kappa shape index (κ3) is 4.76. The molecule has 0 heterocycles. The normalized spacial score (nSPS) is 12.3. The Morgan fingerprint density at radius 3 is 1.29 bits per heavy atom. The number of benzene rings is 4. The van der Waals surface area contributed by atoms with Gasteiger partial charge in [-0.05, 0) is 0 Å². The molecular weight excluding hydrogens is 606 g/mol.